The zero-order valence-electron chi connectivity index (χ0n) is 13.8. The molecule has 2 heterocycles. The largest absolute Gasteiger partial charge is 0.447 e. The van der Waals surface area contributed by atoms with Gasteiger partial charge in [0, 0.05) is 19.5 Å². The van der Waals surface area contributed by atoms with Crippen molar-refractivity contribution < 1.29 is 9.21 Å². The predicted octanol–water partition coefficient (Wildman–Crippen LogP) is 2.56. The number of hydrogen-bond acceptors (Lipinski definition) is 5. The minimum absolute atomic E-state index is 0. The molecule has 0 aliphatic heterocycles. The number of likely N-dealkylation sites (N-methyl/N-ethyl adjacent to an activating group) is 1. The second-order valence-electron chi connectivity index (χ2n) is 5.17. The summed E-state index contributed by atoms with van der Waals surface area (Å²) < 4.78 is 5.13. The van der Waals surface area contributed by atoms with E-state index in [4.69, 9.17) is 10.2 Å². The third-order valence-corrected chi connectivity index (χ3v) is 3.67. The Balaban J connectivity index is 0.00000156. The van der Waals surface area contributed by atoms with Gasteiger partial charge in [0.25, 0.3) is 5.91 Å². The normalized spacial score (nSPS) is 10.2. The summed E-state index contributed by atoms with van der Waals surface area (Å²) in [6.45, 7) is 3.25. The number of hydrogen-bond donors (Lipinski definition) is 2. The number of amides is 1. The lowest BCUT2D eigenvalue weighted by molar-refractivity contribution is 0.0759. The highest BCUT2D eigenvalue weighted by Crippen LogP contribution is 2.12. The summed E-state index contributed by atoms with van der Waals surface area (Å²) in [5, 5.41) is 0. The van der Waals surface area contributed by atoms with Crippen molar-refractivity contribution in [2.45, 2.75) is 19.9 Å². The molecule has 2 aromatic heterocycles. The molecular formula is C16H21Cl2N5O2. The molecule has 0 atom stereocenters. The zero-order valence-corrected chi connectivity index (χ0v) is 15.4. The first-order valence-electron chi connectivity index (χ1n) is 7.58. The number of fused-ring (bicyclic) bond motifs is 1. The number of rotatable bonds is 6. The molecule has 0 bridgehead atoms. The van der Waals surface area contributed by atoms with Crippen LogP contribution in [0.1, 0.15) is 29.1 Å². The molecule has 1 aromatic carbocycles. The van der Waals surface area contributed by atoms with E-state index >= 15 is 0 Å². The van der Waals surface area contributed by atoms with E-state index in [1.54, 1.807) is 4.90 Å². The number of para-hydroxylation sites is 2. The van der Waals surface area contributed by atoms with E-state index in [0.717, 1.165) is 16.9 Å². The number of nitrogens with two attached hydrogens (primary N) is 1. The first-order chi connectivity index (χ1) is 11.2. The lowest BCUT2D eigenvalue weighted by atomic mass is 10.3. The van der Waals surface area contributed by atoms with Gasteiger partial charge >= 0.3 is 0 Å². The van der Waals surface area contributed by atoms with Gasteiger partial charge < -0.3 is 20.0 Å². The maximum Gasteiger partial charge on any atom is 0.275 e. The van der Waals surface area contributed by atoms with Crippen LogP contribution in [-0.2, 0) is 13.0 Å². The van der Waals surface area contributed by atoms with Crippen LogP contribution in [0.2, 0.25) is 0 Å². The number of aromatic nitrogens is 3. The number of aromatic amines is 1. The quantitative estimate of drug-likeness (QED) is 0.678. The molecule has 0 aliphatic carbocycles. The number of benzene rings is 1. The second-order valence-corrected chi connectivity index (χ2v) is 5.17. The minimum atomic E-state index is -0.160. The van der Waals surface area contributed by atoms with Crippen molar-refractivity contribution in [3.63, 3.8) is 0 Å². The van der Waals surface area contributed by atoms with Gasteiger partial charge in [0.2, 0.25) is 5.89 Å². The van der Waals surface area contributed by atoms with Crippen molar-refractivity contribution >= 4 is 41.8 Å². The van der Waals surface area contributed by atoms with E-state index in [0.29, 0.717) is 25.4 Å². The van der Waals surface area contributed by atoms with Crippen molar-refractivity contribution in [3.8, 4) is 0 Å². The molecule has 0 spiro atoms. The van der Waals surface area contributed by atoms with Gasteiger partial charge in [-0.1, -0.05) is 12.1 Å². The Morgan fingerprint density at radius 3 is 2.68 bits per heavy atom. The first kappa shape index (κ1) is 21.0. The summed E-state index contributed by atoms with van der Waals surface area (Å²) in [5.41, 5.74) is 7.67. The van der Waals surface area contributed by atoms with Gasteiger partial charge in [-0.25, -0.2) is 9.97 Å². The van der Waals surface area contributed by atoms with Crippen LogP contribution in [0.15, 0.2) is 34.9 Å². The summed E-state index contributed by atoms with van der Waals surface area (Å²) >= 11 is 0. The van der Waals surface area contributed by atoms with Crippen LogP contribution in [0.25, 0.3) is 11.0 Å². The molecule has 7 nitrogen and oxygen atoms in total. The van der Waals surface area contributed by atoms with Crippen molar-refractivity contribution in [1.29, 1.82) is 0 Å². The lowest BCUT2D eigenvalue weighted by Gasteiger charge is -2.18. The molecule has 0 saturated heterocycles. The fraction of sp³-hybridized carbons (Fsp3) is 0.312. The van der Waals surface area contributed by atoms with E-state index in [2.05, 4.69) is 15.0 Å². The van der Waals surface area contributed by atoms with Gasteiger partial charge in [-0.3, -0.25) is 4.79 Å². The molecule has 0 saturated carbocycles. The molecule has 1 amide bonds. The Morgan fingerprint density at radius 1 is 1.28 bits per heavy atom. The van der Waals surface area contributed by atoms with Gasteiger partial charge in [0.1, 0.15) is 12.1 Å². The molecule has 0 aliphatic rings. The maximum atomic E-state index is 12.4. The summed E-state index contributed by atoms with van der Waals surface area (Å²) in [7, 11) is 0. The number of nitrogens with one attached hydrogen (secondary N) is 1. The maximum absolute atomic E-state index is 12.4. The van der Waals surface area contributed by atoms with Crippen molar-refractivity contribution in [1.82, 2.24) is 19.9 Å². The number of nitrogens with zero attached hydrogens (tertiary/aromatic N) is 3. The number of imidazole rings is 1. The van der Waals surface area contributed by atoms with E-state index in [1.807, 2.05) is 31.2 Å². The molecule has 0 radical (unpaired) electrons. The number of oxazole rings is 1. The Kier molecular flexibility index (Phi) is 7.89. The van der Waals surface area contributed by atoms with Gasteiger partial charge in [-0.15, -0.1) is 24.8 Å². The molecule has 0 unspecified atom stereocenters. The summed E-state index contributed by atoms with van der Waals surface area (Å²) in [4.78, 5) is 26.0. The van der Waals surface area contributed by atoms with Gasteiger partial charge in [-0.2, -0.15) is 0 Å². The van der Waals surface area contributed by atoms with Crippen molar-refractivity contribution in [3.05, 3.63) is 47.9 Å². The number of carbonyl (C=O) groups is 1. The third-order valence-electron chi connectivity index (χ3n) is 3.67. The molecular weight excluding hydrogens is 365 g/mol. The topological polar surface area (TPSA) is 101 Å². The number of halogens is 2. The standard InChI is InChI=1S/C16H19N5O2.2ClH/c1-2-21(16(22)13-10-23-15(9-17)20-13)8-7-14-18-11-5-3-4-6-12(11)19-14;;/h3-6,10H,2,7-9,17H2,1H3,(H,18,19);2*1H. The highest BCUT2D eigenvalue weighted by Gasteiger charge is 2.18. The van der Waals surface area contributed by atoms with E-state index in [9.17, 15) is 4.79 Å². The van der Waals surface area contributed by atoms with E-state index < -0.39 is 0 Å². The third kappa shape index (κ3) is 4.72. The molecule has 0 fully saturated rings. The fourth-order valence-corrected chi connectivity index (χ4v) is 2.43. The van der Waals surface area contributed by atoms with Crippen molar-refractivity contribution in [2.75, 3.05) is 13.1 Å². The smallest absolute Gasteiger partial charge is 0.275 e. The second kappa shape index (κ2) is 9.41. The van der Waals surface area contributed by atoms with Crippen LogP contribution in [0.3, 0.4) is 0 Å². The van der Waals surface area contributed by atoms with Gasteiger partial charge in [0.15, 0.2) is 5.69 Å². The summed E-state index contributed by atoms with van der Waals surface area (Å²) in [6, 6.07) is 7.86. The van der Waals surface area contributed by atoms with E-state index in [-0.39, 0.29) is 43.0 Å². The highest BCUT2D eigenvalue weighted by atomic mass is 35.5. The van der Waals surface area contributed by atoms with E-state index in [1.165, 1.54) is 6.26 Å². The zero-order chi connectivity index (χ0) is 16.2. The molecule has 9 heteroatoms. The average Bonchev–Trinajstić information content (AvgIpc) is 3.21. The Labute approximate surface area is 157 Å². The van der Waals surface area contributed by atoms with Crippen LogP contribution in [-0.4, -0.2) is 38.8 Å². The fourth-order valence-electron chi connectivity index (χ4n) is 2.43. The van der Waals surface area contributed by atoms with Gasteiger partial charge in [0.05, 0.1) is 17.6 Å². The molecule has 3 N–H and O–H groups in total. The monoisotopic (exact) mass is 385 g/mol. The van der Waals surface area contributed by atoms with Crippen LogP contribution >= 0.6 is 24.8 Å². The summed E-state index contributed by atoms with van der Waals surface area (Å²) in [6.07, 6.45) is 2.00. The molecule has 25 heavy (non-hydrogen) atoms. The Bertz CT molecular complexity index is 785. The van der Waals surface area contributed by atoms with Crippen LogP contribution in [0.5, 0.6) is 0 Å². The molecule has 3 aromatic rings. The molecule has 136 valence electrons. The average molecular weight is 386 g/mol. The SMILES string of the molecule is CCN(CCc1nc2ccccc2[nH]1)C(=O)c1coc(CN)n1.Cl.Cl. The van der Waals surface area contributed by atoms with Gasteiger partial charge in [-0.05, 0) is 19.1 Å². The van der Waals surface area contributed by atoms with Crippen molar-refractivity contribution in [2.24, 2.45) is 5.73 Å². The first-order valence-corrected chi connectivity index (χ1v) is 7.58. The minimum Gasteiger partial charge on any atom is -0.447 e. The molecule has 3 rings (SSSR count). The summed E-state index contributed by atoms with van der Waals surface area (Å²) in [5.74, 6) is 1.06. The predicted molar refractivity (Wildman–Crippen MR) is 100 cm³/mol. The Morgan fingerprint density at radius 2 is 2.04 bits per heavy atom. The van der Waals surface area contributed by atoms with Crippen LogP contribution < -0.4 is 5.73 Å². The Hall–Kier alpha value is -2.09. The van der Waals surface area contributed by atoms with Crippen LogP contribution in [0.4, 0.5) is 0 Å². The lowest BCUT2D eigenvalue weighted by Crippen LogP contribution is -2.33. The van der Waals surface area contributed by atoms with Crippen LogP contribution in [0, 0.1) is 0 Å². The number of carbonyl (C=O) groups excluding carboxylic acids is 1. The number of H-pyrrole nitrogens is 1. The highest BCUT2D eigenvalue weighted by molar-refractivity contribution is 5.92.